The number of rotatable bonds is 2. The van der Waals surface area contributed by atoms with Crippen molar-refractivity contribution in [2.45, 2.75) is 12.6 Å². The zero-order valence-electron chi connectivity index (χ0n) is 13.2. The molecule has 3 rings (SSSR count). The van der Waals surface area contributed by atoms with Gasteiger partial charge in [0.1, 0.15) is 17.7 Å². The Morgan fingerprint density at radius 1 is 1.11 bits per heavy atom. The number of nitriles is 1. The molecule has 1 aliphatic rings. The fourth-order valence-electron chi connectivity index (χ4n) is 2.70. The molecule has 136 valence electrons. The number of nitrogens with zero attached hydrogens (tertiary/aromatic N) is 2. The smallest absolute Gasteiger partial charge is 0.289 e. The van der Waals surface area contributed by atoms with Crippen LogP contribution in [0.3, 0.4) is 0 Å². The summed E-state index contributed by atoms with van der Waals surface area (Å²) in [4.78, 5) is 28.0. The second-order valence-electron chi connectivity index (χ2n) is 5.66. The van der Waals surface area contributed by atoms with Crippen molar-refractivity contribution in [2.24, 2.45) is 0 Å². The van der Waals surface area contributed by atoms with Gasteiger partial charge in [-0.25, -0.2) is 13.8 Å². The molecule has 1 aromatic heterocycles. The predicted molar refractivity (Wildman–Crippen MR) is 80.8 cm³/mol. The zero-order valence-corrected chi connectivity index (χ0v) is 13.2. The maximum atomic E-state index is 13.9. The summed E-state index contributed by atoms with van der Waals surface area (Å²) in [5.41, 5.74) is -3.47. The lowest BCUT2D eigenvalue weighted by molar-refractivity contribution is -0.138. The Hall–Kier alpha value is -3.41. The van der Waals surface area contributed by atoms with Gasteiger partial charge in [0.05, 0.1) is 11.1 Å². The topological polar surface area (TPSA) is 70.8 Å². The van der Waals surface area contributed by atoms with E-state index in [9.17, 15) is 31.5 Å². The van der Waals surface area contributed by atoms with Gasteiger partial charge in [0.25, 0.3) is 0 Å². The molecule has 0 amide bonds. The van der Waals surface area contributed by atoms with Crippen molar-refractivity contribution in [3.05, 3.63) is 75.6 Å². The van der Waals surface area contributed by atoms with E-state index < -0.39 is 58.2 Å². The first-order valence-electron chi connectivity index (χ1n) is 7.37. The summed E-state index contributed by atoms with van der Waals surface area (Å²) in [5, 5.41) is 8.87. The van der Waals surface area contributed by atoms with Crippen LogP contribution in [0.1, 0.15) is 37.7 Å². The van der Waals surface area contributed by atoms with Gasteiger partial charge in [-0.3, -0.25) is 9.59 Å². The summed E-state index contributed by atoms with van der Waals surface area (Å²) in [5.74, 6) is -3.95. The third-order valence-corrected chi connectivity index (χ3v) is 3.88. The molecular formula is C18H7F5N2O2. The van der Waals surface area contributed by atoms with Crippen LogP contribution in [-0.2, 0) is 12.6 Å². The van der Waals surface area contributed by atoms with E-state index >= 15 is 0 Å². The van der Waals surface area contributed by atoms with Crippen LogP contribution in [-0.4, -0.2) is 16.6 Å². The molecule has 0 spiro atoms. The normalized spacial score (nSPS) is 13.9. The van der Waals surface area contributed by atoms with Crippen LogP contribution in [0.4, 0.5) is 22.0 Å². The fourth-order valence-corrected chi connectivity index (χ4v) is 2.70. The molecular weight excluding hydrogens is 371 g/mol. The summed E-state index contributed by atoms with van der Waals surface area (Å²) in [6.45, 7) is 0. The van der Waals surface area contributed by atoms with Crippen LogP contribution in [0.15, 0.2) is 35.9 Å². The summed E-state index contributed by atoms with van der Waals surface area (Å²) >= 11 is 0. The number of pyridine rings is 1. The van der Waals surface area contributed by atoms with Crippen molar-refractivity contribution in [1.29, 1.82) is 5.26 Å². The van der Waals surface area contributed by atoms with Gasteiger partial charge in [0.15, 0.2) is 17.3 Å². The first-order valence-corrected chi connectivity index (χ1v) is 7.37. The number of alkyl halides is 3. The van der Waals surface area contributed by atoms with E-state index in [-0.39, 0.29) is 11.3 Å². The largest absolute Gasteiger partial charge is 0.419 e. The van der Waals surface area contributed by atoms with E-state index in [2.05, 4.69) is 4.98 Å². The minimum Gasteiger partial charge on any atom is -0.289 e. The number of hydrogen-bond acceptors (Lipinski definition) is 4. The van der Waals surface area contributed by atoms with Crippen molar-refractivity contribution in [2.75, 3.05) is 0 Å². The highest BCUT2D eigenvalue weighted by Gasteiger charge is 2.35. The van der Waals surface area contributed by atoms with Crippen LogP contribution >= 0.6 is 0 Å². The number of allylic oxidation sites excluding steroid dienone is 2. The highest BCUT2D eigenvalue weighted by Crippen LogP contribution is 2.32. The second kappa shape index (κ2) is 6.39. The molecule has 1 heterocycles. The molecule has 1 aromatic carbocycles. The first-order chi connectivity index (χ1) is 12.6. The Balaban J connectivity index is 1.99. The molecule has 0 saturated carbocycles. The predicted octanol–water partition coefficient (Wildman–Crippen LogP) is 3.80. The van der Waals surface area contributed by atoms with Crippen molar-refractivity contribution >= 4 is 11.6 Å². The SMILES string of the molecule is N#Cc1nc(CC2=CC(=O)c3cc(F)cc(F)c3C2=O)ccc1C(F)(F)F. The van der Waals surface area contributed by atoms with Gasteiger partial charge in [-0.1, -0.05) is 0 Å². The van der Waals surface area contributed by atoms with Crippen LogP contribution in [0.2, 0.25) is 0 Å². The van der Waals surface area contributed by atoms with Crippen molar-refractivity contribution in [3.8, 4) is 6.07 Å². The third kappa shape index (κ3) is 3.33. The number of carbonyl (C=O) groups excluding carboxylic acids is 2. The molecule has 0 fully saturated rings. The minimum atomic E-state index is -4.78. The minimum absolute atomic E-state index is 0.0853. The number of aromatic nitrogens is 1. The van der Waals surface area contributed by atoms with E-state index in [4.69, 9.17) is 5.26 Å². The number of carbonyl (C=O) groups is 2. The van der Waals surface area contributed by atoms with E-state index in [0.717, 1.165) is 18.2 Å². The molecule has 9 heteroatoms. The molecule has 27 heavy (non-hydrogen) atoms. The van der Waals surface area contributed by atoms with E-state index in [1.54, 1.807) is 0 Å². The number of fused-ring (bicyclic) bond motifs is 1. The van der Waals surface area contributed by atoms with E-state index in [0.29, 0.717) is 12.1 Å². The number of Topliss-reactive ketones (excluding diaryl/α,β-unsaturated/α-hetero) is 1. The summed E-state index contributed by atoms with van der Waals surface area (Å²) < 4.78 is 65.6. The maximum absolute atomic E-state index is 13.9. The maximum Gasteiger partial charge on any atom is 0.419 e. The number of hydrogen-bond donors (Lipinski definition) is 0. The van der Waals surface area contributed by atoms with Crippen molar-refractivity contribution in [3.63, 3.8) is 0 Å². The Morgan fingerprint density at radius 3 is 2.44 bits per heavy atom. The molecule has 0 bridgehead atoms. The average Bonchev–Trinajstić information content (AvgIpc) is 2.57. The quantitative estimate of drug-likeness (QED) is 0.746. The van der Waals surface area contributed by atoms with Crippen molar-refractivity contribution < 1.29 is 31.5 Å². The Kier molecular flexibility index (Phi) is 4.35. The van der Waals surface area contributed by atoms with Crippen LogP contribution < -0.4 is 0 Å². The fraction of sp³-hybridized carbons (Fsp3) is 0.111. The van der Waals surface area contributed by atoms with Crippen LogP contribution in [0, 0.1) is 23.0 Å². The monoisotopic (exact) mass is 378 g/mol. The highest BCUT2D eigenvalue weighted by molar-refractivity contribution is 6.24. The van der Waals surface area contributed by atoms with Crippen molar-refractivity contribution in [1.82, 2.24) is 4.98 Å². The summed E-state index contributed by atoms with van der Waals surface area (Å²) in [7, 11) is 0. The van der Waals surface area contributed by atoms with Gasteiger partial charge in [0, 0.05) is 29.3 Å². The molecule has 0 aliphatic heterocycles. The lowest BCUT2D eigenvalue weighted by Crippen LogP contribution is -2.21. The van der Waals surface area contributed by atoms with Gasteiger partial charge in [-0.15, -0.1) is 0 Å². The Labute approximate surface area is 148 Å². The van der Waals surface area contributed by atoms with Gasteiger partial charge >= 0.3 is 6.18 Å². The van der Waals surface area contributed by atoms with Crippen LogP contribution in [0.5, 0.6) is 0 Å². The van der Waals surface area contributed by atoms with Gasteiger partial charge in [-0.2, -0.15) is 18.4 Å². The first kappa shape index (κ1) is 18.4. The highest BCUT2D eigenvalue weighted by atomic mass is 19.4. The summed E-state index contributed by atoms with van der Waals surface area (Å²) in [6.07, 6.45) is -4.32. The standard InChI is InChI=1S/C18H7F5N2O2/c19-9-5-11-15(26)4-8(17(27)16(11)13(20)6-9)3-10-1-2-12(18(21,22)23)14(7-24)25-10/h1-2,4-6H,3H2. The van der Waals surface area contributed by atoms with Gasteiger partial charge in [0.2, 0.25) is 0 Å². The molecule has 0 N–H and O–H groups in total. The summed E-state index contributed by atoms with van der Waals surface area (Å²) in [6, 6.07) is 4.11. The molecule has 0 saturated heterocycles. The number of benzene rings is 1. The van der Waals surface area contributed by atoms with Crippen LogP contribution in [0.25, 0.3) is 0 Å². The molecule has 1 aliphatic carbocycles. The average molecular weight is 378 g/mol. The third-order valence-electron chi connectivity index (χ3n) is 3.88. The zero-order chi connectivity index (χ0) is 19.9. The van der Waals surface area contributed by atoms with Gasteiger partial charge < -0.3 is 0 Å². The molecule has 0 atom stereocenters. The molecule has 2 aromatic rings. The molecule has 0 radical (unpaired) electrons. The van der Waals surface area contributed by atoms with Gasteiger partial charge in [-0.05, 0) is 24.3 Å². The van der Waals surface area contributed by atoms with E-state index in [1.165, 1.54) is 6.07 Å². The van der Waals surface area contributed by atoms with E-state index in [1.807, 2.05) is 0 Å². The molecule has 4 nitrogen and oxygen atoms in total. The Morgan fingerprint density at radius 2 is 1.81 bits per heavy atom. The molecule has 0 unspecified atom stereocenters. The lowest BCUT2D eigenvalue weighted by atomic mass is 9.87. The second-order valence-corrected chi connectivity index (χ2v) is 5.66. The lowest BCUT2D eigenvalue weighted by Gasteiger charge is -2.16. The number of halogens is 5. The number of ketones is 2. The Bertz CT molecular complexity index is 1060.